The molecule has 20 heavy (non-hydrogen) atoms. The summed E-state index contributed by atoms with van der Waals surface area (Å²) in [4.78, 5) is 11.0. The van der Waals surface area contributed by atoms with Crippen LogP contribution in [0.15, 0.2) is 16.7 Å². The van der Waals surface area contributed by atoms with Gasteiger partial charge in [-0.2, -0.15) is 0 Å². The lowest BCUT2D eigenvalue weighted by molar-refractivity contribution is 0.529. The first-order valence-electron chi connectivity index (χ1n) is 6.80. The van der Waals surface area contributed by atoms with Crippen LogP contribution in [0.25, 0.3) is 0 Å². The normalized spacial score (nSPS) is 10.8. The Morgan fingerprint density at radius 1 is 1.30 bits per heavy atom. The summed E-state index contributed by atoms with van der Waals surface area (Å²) >= 11 is 6.22. The van der Waals surface area contributed by atoms with Crippen molar-refractivity contribution in [3.63, 3.8) is 0 Å². The molecular formula is C15H20ClN3O. The fourth-order valence-corrected chi connectivity index (χ4v) is 2.32. The highest BCUT2D eigenvalue weighted by atomic mass is 35.5. The van der Waals surface area contributed by atoms with Crippen molar-refractivity contribution in [3.05, 3.63) is 40.2 Å². The van der Waals surface area contributed by atoms with Crippen LogP contribution in [0, 0.1) is 13.8 Å². The third kappa shape index (κ3) is 3.12. The second-order valence-corrected chi connectivity index (χ2v) is 5.35. The zero-order valence-corrected chi connectivity index (χ0v) is 13.2. The van der Waals surface area contributed by atoms with Gasteiger partial charge in [0.2, 0.25) is 0 Å². The van der Waals surface area contributed by atoms with Crippen LogP contribution < -0.4 is 4.90 Å². The number of hydrogen-bond acceptors (Lipinski definition) is 4. The molecule has 0 aliphatic heterocycles. The van der Waals surface area contributed by atoms with E-state index in [-0.39, 0.29) is 0 Å². The zero-order valence-electron chi connectivity index (χ0n) is 12.4. The van der Waals surface area contributed by atoms with Gasteiger partial charge in [0.1, 0.15) is 22.6 Å². The molecule has 0 amide bonds. The Balaban J connectivity index is 2.28. The molecule has 108 valence electrons. The predicted octanol–water partition coefficient (Wildman–Crippen LogP) is 3.93. The van der Waals surface area contributed by atoms with E-state index in [0.717, 1.165) is 47.9 Å². The minimum atomic E-state index is 0.536. The molecule has 2 aromatic heterocycles. The van der Waals surface area contributed by atoms with E-state index in [4.69, 9.17) is 16.0 Å². The zero-order chi connectivity index (χ0) is 14.7. The Bertz CT molecular complexity index is 595. The van der Waals surface area contributed by atoms with E-state index in [9.17, 15) is 0 Å². The monoisotopic (exact) mass is 293 g/mol. The molecule has 2 rings (SSSR count). The molecule has 0 atom stereocenters. The van der Waals surface area contributed by atoms with E-state index < -0.39 is 0 Å². The maximum absolute atomic E-state index is 6.22. The lowest BCUT2D eigenvalue weighted by Gasteiger charge is -2.21. The van der Waals surface area contributed by atoms with Crippen molar-refractivity contribution in [2.75, 3.05) is 11.9 Å². The average Bonchev–Trinajstić information content (AvgIpc) is 2.79. The maximum Gasteiger partial charge on any atom is 0.137 e. The summed E-state index contributed by atoms with van der Waals surface area (Å²) in [7, 11) is 2.01. The summed E-state index contributed by atoms with van der Waals surface area (Å²) in [5.74, 6) is 2.62. The van der Waals surface area contributed by atoms with Gasteiger partial charge in [-0.05, 0) is 26.3 Å². The molecule has 0 spiro atoms. The molecule has 4 nitrogen and oxygen atoms in total. The highest BCUT2D eigenvalue weighted by Gasteiger charge is 2.14. The minimum Gasteiger partial charge on any atom is -0.469 e. The van der Waals surface area contributed by atoms with E-state index in [1.807, 2.05) is 27.0 Å². The van der Waals surface area contributed by atoms with Gasteiger partial charge in [-0.25, -0.2) is 9.97 Å². The van der Waals surface area contributed by atoms with Crippen molar-refractivity contribution in [2.24, 2.45) is 0 Å². The molecule has 5 heteroatoms. The lowest BCUT2D eigenvalue weighted by Crippen LogP contribution is -2.20. The molecular weight excluding hydrogens is 274 g/mol. The van der Waals surface area contributed by atoms with Crippen LogP contribution in [0.1, 0.15) is 36.1 Å². The summed E-state index contributed by atoms with van der Waals surface area (Å²) in [6.45, 7) is 6.76. The van der Waals surface area contributed by atoms with Crippen molar-refractivity contribution in [1.29, 1.82) is 0 Å². The standard InChI is InChI=1S/C15H20ClN3O/c1-5-6-13-17-14(16)10(2)15(18-13)19(4)9-12-7-8-20-11(12)3/h7-8H,5-6,9H2,1-4H3. The van der Waals surface area contributed by atoms with E-state index in [2.05, 4.69) is 21.8 Å². The predicted molar refractivity (Wildman–Crippen MR) is 81.3 cm³/mol. The highest BCUT2D eigenvalue weighted by molar-refractivity contribution is 6.30. The summed E-state index contributed by atoms with van der Waals surface area (Å²) in [5, 5.41) is 0.536. The van der Waals surface area contributed by atoms with E-state index in [1.165, 1.54) is 0 Å². The number of furan rings is 1. The Labute approximate surface area is 124 Å². The van der Waals surface area contributed by atoms with Gasteiger partial charge in [0, 0.05) is 31.1 Å². The number of hydrogen-bond donors (Lipinski definition) is 0. The van der Waals surface area contributed by atoms with Gasteiger partial charge in [-0.1, -0.05) is 18.5 Å². The van der Waals surface area contributed by atoms with E-state index >= 15 is 0 Å². The molecule has 0 N–H and O–H groups in total. The van der Waals surface area contributed by atoms with Crippen LogP contribution in [0.2, 0.25) is 5.15 Å². The maximum atomic E-state index is 6.22. The topological polar surface area (TPSA) is 42.2 Å². The van der Waals surface area contributed by atoms with Gasteiger partial charge in [-0.3, -0.25) is 0 Å². The van der Waals surface area contributed by atoms with E-state index in [0.29, 0.717) is 5.15 Å². The molecule has 0 aliphatic carbocycles. The molecule has 0 unspecified atom stereocenters. The van der Waals surface area contributed by atoms with Crippen molar-refractivity contribution >= 4 is 17.4 Å². The van der Waals surface area contributed by atoms with Crippen molar-refractivity contribution < 1.29 is 4.42 Å². The third-order valence-corrected chi connectivity index (χ3v) is 3.68. The molecule has 0 radical (unpaired) electrons. The van der Waals surface area contributed by atoms with Gasteiger partial charge in [0.05, 0.1) is 6.26 Å². The number of aromatic nitrogens is 2. The molecule has 0 aromatic carbocycles. The molecule has 2 aromatic rings. The van der Waals surface area contributed by atoms with Crippen LogP contribution in [0.5, 0.6) is 0 Å². The second kappa shape index (κ2) is 6.27. The number of aryl methyl sites for hydroxylation is 2. The largest absolute Gasteiger partial charge is 0.469 e. The Morgan fingerprint density at radius 3 is 2.65 bits per heavy atom. The summed E-state index contributed by atoms with van der Waals surface area (Å²) in [6, 6.07) is 1.98. The Kier molecular flexibility index (Phi) is 4.65. The summed E-state index contributed by atoms with van der Waals surface area (Å²) in [6.07, 6.45) is 3.55. The van der Waals surface area contributed by atoms with Crippen LogP contribution in [-0.4, -0.2) is 17.0 Å². The van der Waals surface area contributed by atoms with Gasteiger partial charge >= 0.3 is 0 Å². The van der Waals surface area contributed by atoms with E-state index in [1.54, 1.807) is 6.26 Å². The minimum absolute atomic E-state index is 0.536. The molecule has 0 fully saturated rings. The number of rotatable bonds is 5. The fraction of sp³-hybridized carbons (Fsp3) is 0.467. The van der Waals surface area contributed by atoms with Crippen LogP contribution in [0.3, 0.4) is 0 Å². The lowest BCUT2D eigenvalue weighted by atomic mass is 10.2. The Morgan fingerprint density at radius 2 is 2.05 bits per heavy atom. The second-order valence-electron chi connectivity index (χ2n) is 4.99. The van der Waals surface area contributed by atoms with Crippen LogP contribution in [-0.2, 0) is 13.0 Å². The average molecular weight is 294 g/mol. The third-order valence-electron chi connectivity index (χ3n) is 3.32. The number of nitrogens with zero attached hydrogens (tertiary/aromatic N) is 3. The summed E-state index contributed by atoms with van der Waals surface area (Å²) in [5.41, 5.74) is 2.06. The van der Waals surface area contributed by atoms with Crippen LogP contribution in [0.4, 0.5) is 5.82 Å². The number of halogens is 1. The first-order chi connectivity index (χ1) is 9.52. The highest BCUT2D eigenvalue weighted by Crippen LogP contribution is 2.25. The van der Waals surface area contributed by atoms with Gasteiger partial charge < -0.3 is 9.32 Å². The van der Waals surface area contributed by atoms with Crippen molar-refractivity contribution in [3.8, 4) is 0 Å². The smallest absolute Gasteiger partial charge is 0.137 e. The SMILES string of the molecule is CCCc1nc(Cl)c(C)c(N(C)Cc2ccoc2C)n1. The first-order valence-corrected chi connectivity index (χ1v) is 7.17. The Hall–Kier alpha value is -1.55. The fourth-order valence-electron chi connectivity index (χ4n) is 2.13. The van der Waals surface area contributed by atoms with Gasteiger partial charge in [-0.15, -0.1) is 0 Å². The molecule has 2 heterocycles. The summed E-state index contributed by atoms with van der Waals surface area (Å²) < 4.78 is 5.33. The quantitative estimate of drug-likeness (QED) is 0.783. The van der Waals surface area contributed by atoms with Gasteiger partial charge in [0.25, 0.3) is 0 Å². The van der Waals surface area contributed by atoms with Gasteiger partial charge in [0.15, 0.2) is 0 Å². The van der Waals surface area contributed by atoms with Crippen molar-refractivity contribution in [1.82, 2.24) is 9.97 Å². The van der Waals surface area contributed by atoms with Crippen LogP contribution >= 0.6 is 11.6 Å². The molecule has 0 bridgehead atoms. The molecule has 0 aliphatic rings. The first kappa shape index (κ1) is 14.9. The molecule has 0 saturated carbocycles. The number of anilines is 1. The van der Waals surface area contributed by atoms with Crippen molar-refractivity contribution in [2.45, 2.75) is 40.2 Å². The molecule has 0 saturated heterocycles.